The van der Waals surface area contributed by atoms with E-state index in [1.807, 2.05) is 4.90 Å². The lowest BCUT2D eigenvalue weighted by Gasteiger charge is -2.29. The Morgan fingerprint density at radius 1 is 1.36 bits per heavy atom. The fourth-order valence-corrected chi connectivity index (χ4v) is 2.86. The maximum atomic E-state index is 12.2. The van der Waals surface area contributed by atoms with E-state index in [9.17, 15) is 9.59 Å². The highest BCUT2D eigenvalue weighted by molar-refractivity contribution is 6.31. The number of rotatable bonds is 2. The lowest BCUT2D eigenvalue weighted by molar-refractivity contribution is -0.119. The van der Waals surface area contributed by atoms with Gasteiger partial charge in [0.2, 0.25) is 5.91 Å². The van der Waals surface area contributed by atoms with Crippen LogP contribution in [0.2, 0.25) is 5.02 Å². The second-order valence-corrected chi connectivity index (χ2v) is 5.81. The number of hydrogen-bond donors (Lipinski definition) is 2. The first-order valence-corrected chi connectivity index (χ1v) is 7.42. The molecule has 1 fully saturated rings. The Labute approximate surface area is 132 Å². The molecule has 1 aromatic carbocycles. The first kappa shape index (κ1) is 14.9. The first-order chi connectivity index (χ1) is 10.5. The Morgan fingerprint density at radius 3 is 2.77 bits per heavy atom. The van der Waals surface area contributed by atoms with Gasteiger partial charge in [0.05, 0.1) is 12.2 Å². The van der Waals surface area contributed by atoms with Crippen molar-refractivity contribution in [1.82, 2.24) is 4.90 Å². The Balaban J connectivity index is 1.77. The van der Waals surface area contributed by atoms with Crippen LogP contribution >= 0.6 is 11.6 Å². The van der Waals surface area contributed by atoms with Crippen molar-refractivity contribution < 1.29 is 14.3 Å². The van der Waals surface area contributed by atoms with Crippen molar-refractivity contribution in [2.24, 2.45) is 5.73 Å². The van der Waals surface area contributed by atoms with Crippen molar-refractivity contribution >= 4 is 29.1 Å². The molecule has 116 valence electrons. The number of carbonyl (C=O) groups is 2. The van der Waals surface area contributed by atoms with Crippen LogP contribution < -0.4 is 15.8 Å². The van der Waals surface area contributed by atoms with Gasteiger partial charge in [-0.05, 0) is 36.6 Å². The summed E-state index contributed by atoms with van der Waals surface area (Å²) >= 11 is 5.90. The Morgan fingerprint density at radius 2 is 2.09 bits per heavy atom. The fraction of sp³-hybridized carbons (Fsp3) is 0.333. The number of hydrogen-bond acceptors (Lipinski definition) is 4. The van der Waals surface area contributed by atoms with Gasteiger partial charge in [0.25, 0.3) is 5.91 Å². The van der Waals surface area contributed by atoms with Crippen molar-refractivity contribution in [2.45, 2.75) is 12.8 Å². The minimum atomic E-state index is -0.339. The molecule has 22 heavy (non-hydrogen) atoms. The van der Waals surface area contributed by atoms with E-state index < -0.39 is 0 Å². The zero-order valence-corrected chi connectivity index (χ0v) is 12.7. The van der Waals surface area contributed by atoms with Gasteiger partial charge in [-0.25, -0.2) is 0 Å². The average Bonchev–Trinajstić information content (AvgIpc) is 2.47. The zero-order valence-electron chi connectivity index (χ0n) is 11.9. The molecule has 0 atom stereocenters. The molecule has 2 aliphatic rings. The van der Waals surface area contributed by atoms with Gasteiger partial charge in [-0.15, -0.1) is 0 Å². The van der Waals surface area contributed by atoms with Crippen molar-refractivity contribution in [1.29, 1.82) is 0 Å². The molecular weight excluding hydrogens is 306 g/mol. The summed E-state index contributed by atoms with van der Waals surface area (Å²) in [6.45, 7) is 1.62. The molecule has 2 aliphatic heterocycles. The molecule has 0 spiro atoms. The van der Waals surface area contributed by atoms with Crippen molar-refractivity contribution in [3.63, 3.8) is 0 Å². The van der Waals surface area contributed by atoms with Crippen molar-refractivity contribution in [2.75, 3.05) is 25.0 Å². The summed E-state index contributed by atoms with van der Waals surface area (Å²) < 4.78 is 5.75. The maximum Gasteiger partial charge on any atom is 0.291 e. The second-order valence-electron chi connectivity index (χ2n) is 5.37. The third-order valence-electron chi connectivity index (χ3n) is 3.77. The van der Waals surface area contributed by atoms with Gasteiger partial charge in [-0.2, -0.15) is 0 Å². The van der Waals surface area contributed by atoms with Crippen LogP contribution in [-0.2, 0) is 9.59 Å². The smallest absolute Gasteiger partial charge is 0.291 e. The highest BCUT2D eigenvalue weighted by Crippen LogP contribution is 2.35. The minimum Gasteiger partial charge on any atom is -0.449 e. The number of ether oxygens (including phenoxy) is 1. The van der Waals surface area contributed by atoms with Crippen LogP contribution in [0.4, 0.5) is 5.69 Å². The second kappa shape index (κ2) is 5.98. The summed E-state index contributed by atoms with van der Waals surface area (Å²) in [5.41, 5.74) is 6.73. The van der Waals surface area contributed by atoms with Gasteiger partial charge in [-0.1, -0.05) is 11.6 Å². The number of nitrogens with zero attached hydrogens (tertiary/aromatic N) is 1. The Hall–Kier alpha value is -2.05. The number of fused-ring (bicyclic) bond motifs is 1. The molecule has 0 aliphatic carbocycles. The molecule has 0 bridgehead atoms. The third kappa shape index (κ3) is 3.08. The molecule has 0 radical (unpaired) electrons. The van der Waals surface area contributed by atoms with E-state index in [1.165, 1.54) is 0 Å². The van der Waals surface area contributed by atoms with Crippen LogP contribution in [0.1, 0.15) is 12.8 Å². The summed E-state index contributed by atoms with van der Waals surface area (Å²) in [4.78, 5) is 25.1. The van der Waals surface area contributed by atoms with Gasteiger partial charge < -0.3 is 15.8 Å². The van der Waals surface area contributed by atoms with Gasteiger partial charge in [-0.3, -0.25) is 14.5 Å². The van der Waals surface area contributed by atoms with Crippen LogP contribution in [0.5, 0.6) is 5.75 Å². The number of nitrogens with two attached hydrogens (primary N) is 1. The molecule has 0 saturated carbocycles. The number of anilines is 1. The van der Waals surface area contributed by atoms with Crippen molar-refractivity contribution in [3.05, 3.63) is 34.6 Å². The molecule has 1 saturated heterocycles. The van der Waals surface area contributed by atoms with E-state index in [2.05, 4.69) is 5.32 Å². The number of nitrogens with one attached hydrogen (secondary N) is 1. The SMILES string of the molecule is NC(=O)CN1CCC(=C2Oc3ccc(Cl)cc3NC2=O)CC1. The predicted molar refractivity (Wildman–Crippen MR) is 82.6 cm³/mol. The molecule has 3 rings (SSSR count). The number of halogens is 1. The van der Waals surface area contributed by atoms with Crippen LogP contribution in [0.25, 0.3) is 0 Å². The Kier molecular flexibility index (Phi) is 4.04. The summed E-state index contributed by atoms with van der Waals surface area (Å²) in [5.74, 6) is 0.348. The van der Waals surface area contributed by atoms with E-state index >= 15 is 0 Å². The molecule has 1 aromatic rings. The third-order valence-corrected chi connectivity index (χ3v) is 4.00. The van der Waals surface area contributed by atoms with Gasteiger partial charge in [0.15, 0.2) is 11.5 Å². The standard InChI is InChI=1S/C15H16ClN3O3/c16-10-1-2-12-11(7-10)18-15(21)14(22-12)9-3-5-19(6-4-9)8-13(17)20/h1-2,7H,3-6,8H2,(H2,17,20)(H,18,21). The highest BCUT2D eigenvalue weighted by atomic mass is 35.5. The lowest BCUT2D eigenvalue weighted by Crippen LogP contribution is -2.38. The summed E-state index contributed by atoms with van der Waals surface area (Å²) in [7, 11) is 0. The largest absolute Gasteiger partial charge is 0.449 e. The molecule has 2 heterocycles. The molecular formula is C15H16ClN3O3. The Bertz CT molecular complexity index is 662. The number of benzene rings is 1. The number of carbonyl (C=O) groups excluding carboxylic acids is 2. The monoisotopic (exact) mass is 321 g/mol. The topological polar surface area (TPSA) is 84.7 Å². The summed E-state index contributed by atoms with van der Waals surface area (Å²) in [6, 6.07) is 5.11. The van der Waals surface area contributed by atoms with E-state index in [0.29, 0.717) is 48.1 Å². The number of likely N-dealkylation sites (tertiary alicyclic amines) is 1. The van der Waals surface area contributed by atoms with Gasteiger partial charge in [0.1, 0.15) is 0 Å². The molecule has 7 heteroatoms. The molecule has 0 unspecified atom stereocenters. The van der Waals surface area contributed by atoms with E-state index in [1.54, 1.807) is 18.2 Å². The van der Waals surface area contributed by atoms with Crippen LogP contribution in [0.3, 0.4) is 0 Å². The van der Waals surface area contributed by atoms with E-state index in [4.69, 9.17) is 22.1 Å². The van der Waals surface area contributed by atoms with Gasteiger partial charge >= 0.3 is 0 Å². The van der Waals surface area contributed by atoms with E-state index in [-0.39, 0.29) is 18.4 Å². The highest BCUT2D eigenvalue weighted by Gasteiger charge is 2.27. The summed E-state index contributed by atoms with van der Waals surface area (Å²) in [5, 5.41) is 3.34. The molecule has 2 amide bonds. The average molecular weight is 322 g/mol. The first-order valence-electron chi connectivity index (χ1n) is 7.04. The van der Waals surface area contributed by atoms with Gasteiger partial charge in [0, 0.05) is 18.1 Å². The van der Waals surface area contributed by atoms with Crippen LogP contribution in [0, 0.1) is 0 Å². The van der Waals surface area contributed by atoms with E-state index in [0.717, 1.165) is 5.57 Å². The zero-order chi connectivity index (χ0) is 15.7. The van der Waals surface area contributed by atoms with Crippen LogP contribution in [-0.4, -0.2) is 36.3 Å². The number of primary amides is 1. The number of amides is 2. The van der Waals surface area contributed by atoms with Crippen LogP contribution in [0.15, 0.2) is 29.5 Å². The fourth-order valence-electron chi connectivity index (χ4n) is 2.69. The molecule has 0 aromatic heterocycles. The molecule has 6 nitrogen and oxygen atoms in total. The maximum absolute atomic E-state index is 12.2. The predicted octanol–water partition coefficient (Wildman–Crippen LogP) is 1.51. The minimum absolute atomic E-state index is 0.247. The molecule has 3 N–H and O–H groups in total. The normalized spacial score (nSPS) is 18.5. The number of piperidine rings is 1. The summed E-state index contributed by atoms with van der Waals surface area (Å²) in [6.07, 6.45) is 1.36. The lowest BCUT2D eigenvalue weighted by atomic mass is 10.0. The quantitative estimate of drug-likeness (QED) is 0.809. The van der Waals surface area contributed by atoms with Crippen molar-refractivity contribution in [3.8, 4) is 5.75 Å².